The highest BCUT2D eigenvalue weighted by Gasteiger charge is 2.47. The Morgan fingerprint density at radius 1 is 0.903 bits per heavy atom. The van der Waals surface area contributed by atoms with Gasteiger partial charge in [-0.3, -0.25) is 19.4 Å². The normalized spacial score (nSPS) is 22.8. The van der Waals surface area contributed by atoms with Crippen LogP contribution in [0.25, 0.3) is 11.1 Å². The SMILES string of the molecule is CC(=O)O[C@@H]1[C@@H](OC(C)=O)[C@H](OC(C)=O)CS[C@H]1Oc1cccc(-c2cccnc2)c1. The predicted molar refractivity (Wildman–Crippen MR) is 113 cm³/mol. The van der Waals surface area contributed by atoms with Crippen molar-refractivity contribution in [3.05, 3.63) is 48.8 Å². The van der Waals surface area contributed by atoms with Gasteiger partial charge in [0.15, 0.2) is 23.7 Å². The summed E-state index contributed by atoms with van der Waals surface area (Å²) in [6.45, 7) is 3.76. The van der Waals surface area contributed by atoms with Gasteiger partial charge >= 0.3 is 17.9 Å². The molecule has 0 radical (unpaired) electrons. The molecule has 0 amide bonds. The van der Waals surface area contributed by atoms with E-state index in [0.29, 0.717) is 11.5 Å². The van der Waals surface area contributed by atoms with Gasteiger partial charge < -0.3 is 18.9 Å². The fourth-order valence-electron chi connectivity index (χ4n) is 3.23. The smallest absolute Gasteiger partial charge is 0.303 e. The first kappa shape index (κ1) is 22.6. The van der Waals surface area contributed by atoms with Crippen molar-refractivity contribution >= 4 is 29.7 Å². The molecule has 0 N–H and O–H groups in total. The number of carbonyl (C=O) groups excluding carboxylic acids is 3. The third kappa shape index (κ3) is 6.21. The number of ether oxygens (including phenoxy) is 4. The maximum absolute atomic E-state index is 11.8. The van der Waals surface area contributed by atoms with Crippen LogP contribution in [-0.2, 0) is 28.6 Å². The first-order valence-corrected chi connectivity index (χ1v) is 10.7. The topological polar surface area (TPSA) is 101 Å². The number of hydrogen-bond donors (Lipinski definition) is 0. The van der Waals surface area contributed by atoms with Gasteiger partial charge in [0, 0.05) is 44.5 Å². The molecule has 164 valence electrons. The summed E-state index contributed by atoms with van der Waals surface area (Å²) in [6.07, 6.45) is 0.722. The summed E-state index contributed by atoms with van der Waals surface area (Å²) in [5, 5.41) is 0. The summed E-state index contributed by atoms with van der Waals surface area (Å²) >= 11 is 1.31. The van der Waals surface area contributed by atoms with E-state index >= 15 is 0 Å². The Morgan fingerprint density at radius 3 is 2.23 bits per heavy atom. The molecule has 2 heterocycles. The van der Waals surface area contributed by atoms with Crippen LogP contribution in [0.1, 0.15) is 20.8 Å². The molecule has 2 aromatic rings. The Kier molecular flexibility index (Phi) is 7.51. The predicted octanol–water partition coefficient (Wildman–Crippen LogP) is 3.00. The van der Waals surface area contributed by atoms with Gasteiger partial charge in [0.1, 0.15) is 5.75 Å². The molecule has 31 heavy (non-hydrogen) atoms. The minimum absolute atomic E-state index is 0.308. The van der Waals surface area contributed by atoms with E-state index in [-0.39, 0.29) is 0 Å². The second kappa shape index (κ2) is 10.3. The third-order valence-electron chi connectivity index (χ3n) is 4.39. The van der Waals surface area contributed by atoms with Crippen LogP contribution < -0.4 is 4.74 Å². The number of carbonyl (C=O) groups is 3. The van der Waals surface area contributed by atoms with E-state index in [1.807, 2.05) is 30.3 Å². The van der Waals surface area contributed by atoms with Crippen molar-refractivity contribution in [2.75, 3.05) is 5.75 Å². The van der Waals surface area contributed by atoms with E-state index in [9.17, 15) is 14.4 Å². The van der Waals surface area contributed by atoms with Gasteiger partial charge in [-0.25, -0.2) is 0 Å². The number of aromatic nitrogens is 1. The maximum Gasteiger partial charge on any atom is 0.303 e. The van der Waals surface area contributed by atoms with Gasteiger partial charge in [-0.2, -0.15) is 0 Å². The molecule has 3 rings (SSSR count). The lowest BCUT2D eigenvalue weighted by molar-refractivity contribution is -0.186. The largest absolute Gasteiger partial charge is 0.476 e. The first-order valence-electron chi connectivity index (χ1n) is 9.64. The highest BCUT2D eigenvalue weighted by molar-refractivity contribution is 7.99. The van der Waals surface area contributed by atoms with E-state index in [1.165, 1.54) is 32.5 Å². The summed E-state index contributed by atoms with van der Waals surface area (Å²) < 4.78 is 22.3. The lowest BCUT2D eigenvalue weighted by Gasteiger charge is -2.39. The van der Waals surface area contributed by atoms with Crippen LogP contribution in [0.15, 0.2) is 48.8 Å². The number of benzene rings is 1. The zero-order valence-electron chi connectivity index (χ0n) is 17.3. The lowest BCUT2D eigenvalue weighted by Crippen LogP contribution is -2.55. The molecule has 1 aliphatic heterocycles. The van der Waals surface area contributed by atoms with Crippen molar-refractivity contribution in [2.45, 2.75) is 44.5 Å². The van der Waals surface area contributed by atoms with Crippen molar-refractivity contribution in [3.63, 3.8) is 0 Å². The Balaban J connectivity index is 1.86. The van der Waals surface area contributed by atoms with Gasteiger partial charge in [-0.05, 0) is 23.8 Å². The average molecular weight is 445 g/mol. The Labute approximate surface area is 184 Å². The van der Waals surface area contributed by atoms with Crippen LogP contribution in [0.4, 0.5) is 0 Å². The molecule has 1 aromatic carbocycles. The molecule has 9 heteroatoms. The fraction of sp³-hybridized carbons (Fsp3) is 0.364. The first-order chi connectivity index (χ1) is 14.8. The number of rotatable bonds is 6. The van der Waals surface area contributed by atoms with Crippen molar-refractivity contribution in [2.24, 2.45) is 0 Å². The van der Waals surface area contributed by atoms with Gasteiger partial charge in [-0.1, -0.05) is 18.2 Å². The number of hydrogen-bond acceptors (Lipinski definition) is 9. The van der Waals surface area contributed by atoms with Crippen LogP contribution in [0.5, 0.6) is 5.75 Å². The molecule has 1 saturated heterocycles. The molecular weight excluding hydrogens is 422 g/mol. The lowest BCUT2D eigenvalue weighted by atomic mass is 10.1. The van der Waals surface area contributed by atoms with Gasteiger partial charge in [0.25, 0.3) is 0 Å². The molecule has 4 atom stereocenters. The zero-order chi connectivity index (χ0) is 22.4. The van der Waals surface area contributed by atoms with E-state index in [1.54, 1.807) is 18.5 Å². The molecule has 1 fully saturated rings. The Bertz CT molecular complexity index is 936. The molecule has 0 unspecified atom stereocenters. The standard InChI is InChI=1S/C22H23NO7S/c1-13(24)27-19-12-31-22(21(29-15(3)26)20(19)28-14(2)25)30-18-8-4-6-16(10-18)17-7-5-9-23-11-17/h4-11,19-22H,12H2,1-3H3/t19-,20+,21-,22-/m1/s1. The van der Waals surface area contributed by atoms with E-state index < -0.39 is 41.7 Å². The summed E-state index contributed by atoms with van der Waals surface area (Å²) in [7, 11) is 0. The molecule has 1 aliphatic rings. The van der Waals surface area contributed by atoms with Gasteiger partial charge in [0.05, 0.1) is 0 Å². The van der Waals surface area contributed by atoms with E-state index in [4.69, 9.17) is 18.9 Å². The average Bonchev–Trinajstić information content (AvgIpc) is 2.72. The molecule has 1 aromatic heterocycles. The van der Waals surface area contributed by atoms with E-state index in [0.717, 1.165) is 11.1 Å². The quantitative estimate of drug-likeness (QED) is 0.490. The number of pyridine rings is 1. The molecule has 0 aliphatic carbocycles. The van der Waals surface area contributed by atoms with Crippen LogP contribution in [0, 0.1) is 0 Å². The van der Waals surface area contributed by atoms with Crippen molar-refractivity contribution in [1.29, 1.82) is 0 Å². The van der Waals surface area contributed by atoms with Crippen LogP contribution >= 0.6 is 11.8 Å². The second-order valence-electron chi connectivity index (χ2n) is 6.89. The van der Waals surface area contributed by atoms with Gasteiger partial charge in [0.2, 0.25) is 0 Å². The molecule has 0 bridgehead atoms. The van der Waals surface area contributed by atoms with E-state index in [2.05, 4.69) is 4.98 Å². The molecule has 0 saturated carbocycles. The minimum atomic E-state index is -0.988. The van der Waals surface area contributed by atoms with Gasteiger partial charge in [-0.15, -0.1) is 11.8 Å². The monoisotopic (exact) mass is 445 g/mol. The highest BCUT2D eigenvalue weighted by atomic mass is 32.2. The highest BCUT2D eigenvalue weighted by Crippen LogP contribution is 2.35. The zero-order valence-corrected chi connectivity index (χ0v) is 18.2. The van der Waals surface area contributed by atoms with Crippen LogP contribution in [0.2, 0.25) is 0 Å². The summed E-state index contributed by atoms with van der Waals surface area (Å²) in [6, 6.07) is 11.2. The third-order valence-corrected chi connectivity index (χ3v) is 5.60. The molecular formula is C22H23NO7S. The maximum atomic E-state index is 11.8. The second-order valence-corrected chi connectivity index (χ2v) is 8.02. The van der Waals surface area contributed by atoms with Crippen molar-refractivity contribution in [3.8, 4) is 16.9 Å². The number of thioether (sulfide) groups is 1. The fourth-order valence-corrected chi connectivity index (χ4v) is 4.44. The summed E-state index contributed by atoms with van der Waals surface area (Å²) in [4.78, 5) is 39.1. The molecule has 8 nitrogen and oxygen atoms in total. The Morgan fingerprint density at radius 2 is 1.58 bits per heavy atom. The number of nitrogens with zero attached hydrogens (tertiary/aromatic N) is 1. The van der Waals surface area contributed by atoms with Crippen LogP contribution in [0.3, 0.4) is 0 Å². The van der Waals surface area contributed by atoms with Crippen molar-refractivity contribution < 1.29 is 33.3 Å². The Hall–Kier alpha value is -3.07. The van der Waals surface area contributed by atoms with Crippen LogP contribution in [-0.4, -0.2) is 52.4 Å². The molecule has 0 spiro atoms. The summed E-state index contributed by atoms with van der Waals surface area (Å²) in [5.41, 5.74) is 1.16. The van der Waals surface area contributed by atoms with Crippen molar-refractivity contribution in [1.82, 2.24) is 4.98 Å². The summed E-state index contributed by atoms with van der Waals surface area (Å²) in [5.74, 6) is -0.814. The minimum Gasteiger partial charge on any atom is -0.476 e. The number of esters is 3.